The highest BCUT2D eigenvalue weighted by Crippen LogP contribution is 2.24. The van der Waals surface area contributed by atoms with Crippen molar-refractivity contribution in [1.82, 2.24) is 0 Å². The van der Waals surface area contributed by atoms with Crippen molar-refractivity contribution in [3.05, 3.63) is 30.1 Å². The fourth-order valence-electron chi connectivity index (χ4n) is 1.98. The maximum Gasteiger partial charge on any atom is 0.305 e. The van der Waals surface area contributed by atoms with Gasteiger partial charge in [-0.05, 0) is 37.6 Å². The van der Waals surface area contributed by atoms with Crippen molar-refractivity contribution in [3.63, 3.8) is 0 Å². The Morgan fingerprint density at radius 1 is 1.39 bits per heavy atom. The summed E-state index contributed by atoms with van der Waals surface area (Å²) in [5, 5.41) is 12.2. The normalized spacial score (nSPS) is 13.9. The molecule has 1 aromatic rings. The van der Waals surface area contributed by atoms with Crippen LogP contribution in [-0.4, -0.2) is 16.6 Å². The Balaban J connectivity index is 2.76. The van der Waals surface area contributed by atoms with Crippen LogP contribution < -0.4 is 5.32 Å². The molecule has 0 radical (unpaired) electrons. The third kappa shape index (κ3) is 4.73. The molecule has 0 aliphatic rings. The smallest absolute Gasteiger partial charge is 0.305 e. The van der Waals surface area contributed by atoms with Crippen LogP contribution in [-0.2, 0) is 4.79 Å². The Labute approximate surface area is 107 Å². The van der Waals surface area contributed by atoms with Crippen LogP contribution in [0.3, 0.4) is 0 Å². The molecule has 0 bridgehead atoms. The Morgan fingerprint density at radius 2 is 2.00 bits per heavy atom. The molecule has 2 N–H and O–H groups in total. The fourth-order valence-corrected chi connectivity index (χ4v) is 1.98. The lowest BCUT2D eigenvalue weighted by Gasteiger charge is -2.30. The van der Waals surface area contributed by atoms with Gasteiger partial charge < -0.3 is 10.4 Å². The first kappa shape index (κ1) is 14.5. The Morgan fingerprint density at radius 3 is 2.50 bits per heavy atom. The van der Waals surface area contributed by atoms with Crippen molar-refractivity contribution >= 4 is 11.7 Å². The van der Waals surface area contributed by atoms with Gasteiger partial charge in [0.15, 0.2) is 0 Å². The molecule has 0 saturated carbocycles. The van der Waals surface area contributed by atoms with Crippen molar-refractivity contribution in [1.29, 1.82) is 0 Å². The number of aliphatic carboxylic acids is 1. The first-order chi connectivity index (χ1) is 8.45. The molecule has 1 unspecified atom stereocenters. The third-order valence-electron chi connectivity index (χ3n) is 2.91. The fraction of sp³-hybridized carbons (Fsp3) is 0.500. The van der Waals surface area contributed by atoms with Crippen LogP contribution in [0.5, 0.6) is 0 Å². The average molecular weight is 253 g/mol. The average Bonchev–Trinajstić information content (AvgIpc) is 2.29. The number of carboxylic acids is 1. The van der Waals surface area contributed by atoms with Gasteiger partial charge in [0.05, 0.1) is 6.42 Å². The molecule has 0 heterocycles. The molecule has 0 fully saturated rings. The Kier molecular flexibility index (Phi) is 5.13. The summed E-state index contributed by atoms with van der Waals surface area (Å²) >= 11 is 0. The molecule has 0 aromatic heterocycles. The van der Waals surface area contributed by atoms with E-state index in [2.05, 4.69) is 12.2 Å². The number of benzene rings is 1. The van der Waals surface area contributed by atoms with E-state index >= 15 is 0 Å². The molecule has 0 spiro atoms. The number of anilines is 1. The Bertz CT molecular complexity index is 391. The first-order valence-corrected chi connectivity index (χ1v) is 6.21. The third-order valence-corrected chi connectivity index (χ3v) is 2.91. The zero-order valence-electron chi connectivity index (χ0n) is 10.9. The molecule has 0 aliphatic carbocycles. The largest absolute Gasteiger partial charge is 0.481 e. The van der Waals surface area contributed by atoms with E-state index in [1.165, 1.54) is 12.1 Å². The second-order valence-corrected chi connectivity index (χ2v) is 4.87. The topological polar surface area (TPSA) is 49.3 Å². The quantitative estimate of drug-likeness (QED) is 0.779. The predicted octanol–water partition coefficient (Wildman–Crippen LogP) is 3.66. The van der Waals surface area contributed by atoms with E-state index < -0.39 is 11.5 Å². The van der Waals surface area contributed by atoms with Crippen molar-refractivity contribution in [3.8, 4) is 0 Å². The van der Waals surface area contributed by atoms with E-state index in [-0.39, 0.29) is 12.2 Å². The molecule has 4 heteroatoms. The number of rotatable bonds is 7. The van der Waals surface area contributed by atoms with E-state index in [1.807, 2.05) is 6.92 Å². The number of carboxylic acid groups (broad SMARTS) is 1. The zero-order chi connectivity index (χ0) is 13.6. The lowest BCUT2D eigenvalue weighted by Crippen LogP contribution is -2.37. The van der Waals surface area contributed by atoms with Gasteiger partial charge in [0.1, 0.15) is 5.82 Å². The molecule has 0 amide bonds. The highest BCUT2D eigenvalue weighted by molar-refractivity contribution is 5.69. The second kappa shape index (κ2) is 6.38. The lowest BCUT2D eigenvalue weighted by molar-refractivity contribution is -0.138. The van der Waals surface area contributed by atoms with Crippen LogP contribution in [0.2, 0.25) is 0 Å². The molecular formula is C14H20FNO2. The zero-order valence-corrected chi connectivity index (χ0v) is 10.9. The first-order valence-electron chi connectivity index (χ1n) is 6.21. The molecule has 1 rings (SSSR count). The van der Waals surface area contributed by atoms with Gasteiger partial charge in [0.2, 0.25) is 0 Å². The molecule has 0 aliphatic heterocycles. The molecular weight excluding hydrogens is 233 g/mol. The van der Waals surface area contributed by atoms with E-state index in [4.69, 9.17) is 5.11 Å². The minimum Gasteiger partial charge on any atom is -0.481 e. The van der Waals surface area contributed by atoms with Crippen LogP contribution >= 0.6 is 0 Å². The molecule has 0 saturated heterocycles. The van der Waals surface area contributed by atoms with Crippen molar-refractivity contribution in [2.24, 2.45) is 0 Å². The number of hydrogen-bond donors (Lipinski definition) is 2. The predicted molar refractivity (Wildman–Crippen MR) is 70.2 cm³/mol. The van der Waals surface area contributed by atoms with Crippen molar-refractivity contribution in [2.45, 2.75) is 45.1 Å². The summed E-state index contributed by atoms with van der Waals surface area (Å²) in [4.78, 5) is 10.9. The minimum atomic E-state index is -0.830. The van der Waals surface area contributed by atoms with Gasteiger partial charge in [-0.2, -0.15) is 0 Å². The van der Waals surface area contributed by atoms with Gasteiger partial charge in [0.25, 0.3) is 0 Å². The summed E-state index contributed by atoms with van der Waals surface area (Å²) in [5.74, 6) is -1.13. The number of halogens is 1. The second-order valence-electron chi connectivity index (χ2n) is 4.87. The molecule has 1 aromatic carbocycles. The van der Waals surface area contributed by atoms with Crippen LogP contribution in [0.4, 0.5) is 10.1 Å². The van der Waals surface area contributed by atoms with Gasteiger partial charge in [0, 0.05) is 11.2 Å². The van der Waals surface area contributed by atoms with Gasteiger partial charge >= 0.3 is 5.97 Å². The van der Waals surface area contributed by atoms with Crippen molar-refractivity contribution < 1.29 is 14.3 Å². The molecule has 100 valence electrons. The summed E-state index contributed by atoms with van der Waals surface area (Å²) < 4.78 is 12.8. The summed E-state index contributed by atoms with van der Waals surface area (Å²) in [7, 11) is 0. The standard InChI is InChI=1S/C14H20FNO2/c1-3-4-9-14(2,10-13(17)18)16-12-7-5-11(15)6-8-12/h5-8,16H,3-4,9-10H2,1-2H3,(H,17,18). The van der Waals surface area contributed by atoms with E-state index in [0.29, 0.717) is 0 Å². The van der Waals surface area contributed by atoms with E-state index in [9.17, 15) is 9.18 Å². The molecule has 1 atom stereocenters. The van der Waals surface area contributed by atoms with Gasteiger partial charge in [-0.15, -0.1) is 0 Å². The van der Waals surface area contributed by atoms with Crippen LogP contribution in [0, 0.1) is 5.82 Å². The van der Waals surface area contributed by atoms with Gasteiger partial charge in [-0.25, -0.2) is 4.39 Å². The van der Waals surface area contributed by atoms with Gasteiger partial charge in [-0.3, -0.25) is 4.79 Å². The van der Waals surface area contributed by atoms with Gasteiger partial charge in [-0.1, -0.05) is 19.8 Å². The highest BCUT2D eigenvalue weighted by atomic mass is 19.1. The van der Waals surface area contributed by atoms with Crippen LogP contribution in [0.1, 0.15) is 39.5 Å². The molecule has 3 nitrogen and oxygen atoms in total. The number of nitrogens with one attached hydrogen (secondary N) is 1. The summed E-state index contributed by atoms with van der Waals surface area (Å²) in [6.07, 6.45) is 2.79. The summed E-state index contributed by atoms with van der Waals surface area (Å²) in [6.45, 7) is 3.96. The summed E-state index contributed by atoms with van der Waals surface area (Å²) in [6, 6.07) is 5.98. The van der Waals surface area contributed by atoms with E-state index in [1.54, 1.807) is 12.1 Å². The van der Waals surface area contributed by atoms with Crippen LogP contribution in [0.15, 0.2) is 24.3 Å². The van der Waals surface area contributed by atoms with E-state index in [0.717, 1.165) is 24.9 Å². The number of unbranched alkanes of at least 4 members (excludes halogenated alkanes) is 1. The maximum absolute atomic E-state index is 12.8. The minimum absolute atomic E-state index is 0.0460. The molecule has 18 heavy (non-hydrogen) atoms. The Hall–Kier alpha value is -1.58. The number of hydrogen-bond acceptors (Lipinski definition) is 2. The van der Waals surface area contributed by atoms with Crippen LogP contribution in [0.25, 0.3) is 0 Å². The lowest BCUT2D eigenvalue weighted by atomic mass is 9.91. The monoisotopic (exact) mass is 253 g/mol. The highest BCUT2D eigenvalue weighted by Gasteiger charge is 2.26. The number of carbonyl (C=O) groups is 1. The van der Waals surface area contributed by atoms with Crippen molar-refractivity contribution in [2.75, 3.05) is 5.32 Å². The SMILES string of the molecule is CCCCC(C)(CC(=O)O)Nc1ccc(F)cc1. The maximum atomic E-state index is 12.8. The summed E-state index contributed by atoms with van der Waals surface area (Å²) in [5.41, 5.74) is 0.246.